The Labute approximate surface area is 363 Å². The van der Waals surface area contributed by atoms with Gasteiger partial charge in [-0.05, 0) is 92.7 Å². The summed E-state index contributed by atoms with van der Waals surface area (Å²) in [6.45, 7) is 0. The summed E-state index contributed by atoms with van der Waals surface area (Å²) in [5, 5.41) is 11.7. The molecule has 0 unspecified atom stereocenters. The van der Waals surface area contributed by atoms with Gasteiger partial charge in [-0.1, -0.05) is 164 Å². The standard InChI is InChI=1S/C59H36N4/c1-3-16-37(17-4-1)57-47-27-12-11-26-46(47)49-36-56-51(35-54(49)60-57)50-33-39(30-31-55(50)63(56)42-21-5-2-6-22-42)38-19-15-20-41(32-38)59-61-53-29-14-13-28-48(53)58(62-59)52-34-40-18-7-8-23-43(40)44-24-9-10-25-45(44)52/h1-36H. The van der Waals surface area contributed by atoms with E-state index >= 15 is 0 Å². The van der Waals surface area contributed by atoms with Crippen LogP contribution in [-0.4, -0.2) is 19.5 Å². The van der Waals surface area contributed by atoms with Crippen LogP contribution in [0.4, 0.5) is 0 Å². The molecule has 63 heavy (non-hydrogen) atoms. The molecule has 0 fully saturated rings. The SMILES string of the molecule is c1ccc(-c2nc3cc4c5cc(-c6cccc(-c7nc(-c8cc9ccccc9c9ccccc89)c8ccccc8n7)c6)ccc5n(-c5ccccc5)c4cc3c3ccccc23)cc1. The zero-order valence-electron chi connectivity index (χ0n) is 34.1. The van der Waals surface area contributed by atoms with Crippen LogP contribution in [0.15, 0.2) is 218 Å². The minimum Gasteiger partial charge on any atom is -0.309 e. The van der Waals surface area contributed by atoms with E-state index in [1.54, 1.807) is 0 Å². The Morgan fingerprint density at radius 2 is 0.905 bits per heavy atom. The van der Waals surface area contributed by atoms with E-state index in [2.05, 4.69) is 223 Å². The van der Waals surface area contributed by atoms with Gasteiger partial charge in [0.1, 0.15) is 0 Å². The van der Waals surface area contributed by atoms with E-state index in [4.69, 9.17) is 15.0 Å². The van der Waals surface area contributed by atoms with Gasteiger partial charge in [-0.3, -0.25) is 0 Å². The largest absolute Gasteiger partial charge is 0.309 e. The highest BCUT2D eigenvalue weighted by Gasteiger charge is 2.19. The molecule has 0 N–H and O–H groups in total. The van der Waals surface area contributed by atoms with Gasteiger partial charge >= 0.3 is 0 Å². The van der Waals surface area contributed by atoms with Crippen LogP contribution in [0.2, 0.25) is 0 Å². The number of para-hydroxylation sites is 2. The number of aromatic nitrogens is 4. The van der Waals surface area contributed by atoms with Crippen LogP contribution in [-0.2, 0) is 0 Å². The fraction of sp³-hybridized carbons (Fsp3) is 0. The second-order valence-electron chi connectivity index (χ2n) is 16.3. The first kappa shape index (κ1) is 35.3. The molecule has 0 aliphatic heterocycles. The predicted octanol–water partition coefficient (Wildman–Crippen LogP) is 15.4. The van der Waals surface area contributed by atoms with Crippen molar-refractivity contribution in [2.75, 3.05) is 0 Å². The second kappa shape index (κ2) is 14.1. The second-order valence-corrected chi connectivity index (χ2v) is 16.3. The molecular weight excluding hydrogens is 765 g/mol. The highest BCUT2D eigenvalue weighted by molar-refractivity contribution is 6.20. The van der Waals surface area contributed by atoms with E-state index in [1.807, 2.05) is 0 Å². The lowest BCUT2D eigenvalue weighted by Crippen LogP contribution is -1.96. The molecule has 0 atom stereocenters. The van der Waals surface area contributed by atoms with Gasteiger partial charge in [-0.15, -0.1) is 0 Å². The third-order valence-electron chi connectivity index (χ3n) is 12.7. The van der Waals surface area contributed by atoms with Crippen molar-refractivity contribution < 1.29 is 0 Å². The number of hydrogen-bond acceptors (Lipinski definition) is 3. The summed E-state index contributed by atoms with van der Waals surface area (Å²) < 4.78 is 2.39. The summed E-state index contributed by atoms with van der Waals surface area (Å²) in [6, 6.07) is 78.0. The molecule has 13 rings (SSSR count). The van der Waals surface area contributed by atoms with Crippen molar-refractivity contribution in [3.63, 3.8) is 0 Å². The smallest absolute Gasteiger partial charge is 0.160 e. The number of nitrogens with zero attached hydrogens (tertiary/aromatic N) is 4. The Morgan fingerprint density at radius 1 is 0.286 bits per heavy atom. The predicted molar refractivity (Wildman–Crippen MR) is 263 cm³/mol. The van der Waals surface area contributed by atoms with Crippen molar-refractivity contribution in [3.8, 4) is 50.7 Å². The van der Waals surface area contributed by atoms with Crippen LogP contribution < -0.4 is 0 Å². The van der Waals surface area contributed by atoms with Gasteiger partial charge in [0.25, 0.3) is 0 Å². The lowest BCUT2D eigenvalue weighted by Gasteiger charge is -2.14. The Hall–Kier alpha value is -8.47. The molecule has 0 saturated carbocycles. The van der Waals surface area contributed by atoms with Gasteiger partial charge in [-0.25, -0.2) is 15.0 Å². The molecule has 0 radical (unpaired) electrons. The Morgan fingerprint density at radius 3 is 1.73 bits per heavy atom. The van der Waals surface area contributed by atoms with Crippen LogP contribution in [0.25, 0.3) is 127 Å². The zero-order valence-corrected chi connectivity index (χ0v) is 34.1. The molecule has 10 aromatic carbocycles. The maximum atomic E-state index is 5.42. The summed E-state index contributed by atoms with van der Waals surface area (Å²) in [5.41, 5.74) is 12.6. The van der Waals surface area contributed by atoms with Crippen molar-refractivity contribution in [2.45, 2.75) is 0 Å². The van der Waals surface area contributed by atoms with E-state index in [1.165, 1.54) is 32.3 Å². The molecular formula is C59H36N4. The monoisotopic (exact) mass is 800 g/mol. The molecule has 292 valence electrons. The fourth-order valence-electron chi connectivity index (χ4n) is 9.82. The van der Waals surface area contributed by atoms with E-state index in [0.29, 0.717) is 5.82 Å². The highest BCUT2D eigenvalue weighted by Crippen LogP contribution is 2.42. The van der Waals surface area contributed by atoms with Gasteiger partial charge in [0.15, 0.2) is 5.82 Å². The van der Waals surface area contributed by atoms with Crippen molar-refractivity contribution in [1.82, 2.24) is 19.5 Å². The van der Waals surface area contributed by atoms with Crippen LogP contribution >= 0.6 is 0 Å². The Kier molecular flexibility index (Phi) is 7.87. The average molecular weight is 801 g/mol. The summed E-state index contributed by atoms with van der Waals surface area (Å²) in [4.78, 5) is 16.0. The molecule has 0 aliphatic carbocycles. The molecule has 0 bridgehead atoms. The number of hydrogen-bond donors (Lipinski definition) is 0. The van der Waals surface area contributed by atoms with Gasteiger partial charge < -0.3 is 4.57 Å². The van der Waals surface area contributed by atoms with Crippen LogP contribution in [0.3, 0.4) is 0 Å². The lowest BCUT2D eigenvalue weighted by atomic mass is 9.94. The number of benzene rings is 10. The van der Waals surface area contributed by atoms with Crippen molar-refractivity contribution in [2.24, 2.45) is 0 Å². The first-order chi connectivity index (χ1) is 31.2. The topological polar surface area (TPSA) is 43.6 Å². The highest BCUT2D eigenvalue weighted by atomic mass is 15.0. The van der Waals surface area contributed by atoms with Crippen molar-refractivity contribution in [3.05, 3.63) is 218 Å². The minimum atomic E-state index is 0.698. The van der Waals surface area contributed by atoms with Crippen molar-refractivity contribution >= 4 is 75.9 Å². The lowest BCUT2D eigenvalue weighted by molar-refractivity contribution is 1.18. The summed E-state index contributed by atoms with van der Waals surface area (Å²) >= 11 is 0. The van der Waals surface area contributed by atoms with Crippen LogP contribution in [0, 0.1) is 0 Å². The number of pyridine rings is 1. The molecule has 0 spiro atoms. The zero-order chi connectivity index (χ0) is 41.4. The van der Waals surface area contributed by atoms with Gasteiger partial charge in [0.2, 0.25) is 0 Å². The maximum absolute atomic E-state index is 5.42. The molecule has 3 heterocycles. The third kappa shape index (κ3) is 5.66. The van der Waals surface area contributed by atoms with Gasteiger partial charge in [0, 0.05) is 49.3 Å². The van der Waals surface area contributed by atoms with E-state index in [-0.39, 0.29) is 0 Å². The normalized spacial score (nSPS) is 11.8. The molecule has 0 saturated heterocycles. The van der Waals surface area contributed by atoms with Crippen LogP contribution in [0.5, 0.6) is 0 Å². The molecule has 4 nitrogen and oxygen atoms in total. The molecule has 0 amide bonds. The van der Waals surface area contributed by atoms with Crippen molar-refractivity contribution in [1.29, 1.82) is 0 Å². The maximum Gasteiger partial charge on any atom is 0.160 e. The first-order valence-corrected chi connectivity index (χ1v) is 21.4. The molecule has 13 aromatic rings. The van der Waals surface area contributed by atoms with E-state index in [9.17, 15) is 0 Å². The molecule has 3 aromatic heterocycles. The molecule has 0 aliphatic rings. The summed E-state index contributed by atoms with van der Waals surface area (Å²) in [7, 11) is 0. The summed E-state index contributed by atoms with van der Waals surface area (Å²) in [5.74, 6) is 0.698. The minimum absolute atomic E-state index is 0.698. The molecule has 4 heteroatoms. The first-order valence-electron chi connectivity index (χ1n) is 21.4. The number of rotatable bonds is 5. The van der Waals surface area contributed by atoms with E-state index in [0.717, 1.165) is 88.5 Å². The number of fused-ring (bicyclic) bond motifs is 10. The Balaban J connectivity index is 1.01. The summed E-state index contributed by atoms with van der Waals surface area (Å²) in [6.07, 6.45) is 0. The quantitative estimate of drug-likeness (QED) is 0.163. The third-order valence-corrected chi connectivity index (χ3v) is 12.7. The average Bonchev–Trinajstić information content (AvgIpc) is 3.68. The van der Waals surface area contributed by atoms with Gasteiger partial charge in [-0.2, -0.15) is 0 Å². The Bertz CT molecular complexity index is 3960. The fourth-order valence-corrected chi connectivity index (χ4v) is 9.82. The van der Waals surface area contributed by atoms with E-state index < -0.39 is 0 Å². The van der Waals surface area contributed by atoms with Crippen LogP contribution in [0.1, 0.15) is 0 Å². The van der Waals surface area contributed by atoms with Gasteiger partial charge in [0.05, 0.1) is 33.5 Å².